The molecule has 84 valence electrons. The first kappa shape index (κ1) is 11.1. The molecule has 4 nitrogen and oxygen atoms in total. The Morgan fingerprint density at radius 2 is 2.07 bits per heavy atom. The number of nitrogens with one attached hydrogen (secondary N) is 1. The van der Waals surface area contributed by atoms with E-state index in [1.807, 2.05) is 18.7 Å². The number of halogens is 1. The third-order valence-electron chi connectivity index (χ3n) is 2.84. The maximum Gasteiger partial charge on any atom is 0.0739 e. The van der Waals surface area contributed by atoms with Gasteiger partial charge in [0.1, 0.15) is 0 Å². The molecule has 0 atom stereocenters. The van der Waals surface area contributed by atoms with Crippen LogP contribution in [0.25, 0.3) is 0 Å². The van der Waals surface area contributed by atoms with Crippen LogP contribution in [0.5, 0.6) is 0 Å². The summed E-state index contributed by atoms with van der Waals surface area (Å²) in [6.45, 7) is 7.45. The minimum Gasteiger partial charge on any atom is -0.314 e. The van der Waals surface area contributed by atoms with Crippen molar-refractivity contribution < 1.29 is 0 Å². The van der Waals surface area contributed by atoms with Gasteiger partial charge < -0.3 is 5.32 Å². The zero-order chi connectivity index (χ0) is 10.8. The van der Waals surface area contributed by atoms with Gasteiger partial charge in [-0.3, -0.25) is 9.58 Å². The maximum absolute atomic E-state index is 4.40. The van der Waals surface area contributed by atoms with Gasteiger partial charge in [0, 0.05) is 39.8 Å². The monoisotopic (exact) mass is 272 g/mol. The number of hydrogen-bond donors (Lipinski definition) is 1. The summed E-state index contributed by atoms with van der Waals surface area (Å²) in [6, 6.07) is 0. The Kier molecular flexibility index (Phi) is 3.43. The molecule has 1 aromatic rings. The van der Waals surface area contributed by atoms with Crippen molar-refractivity contribution in [2.75, 3.05) is 26.2 Å². The highest BCUT2D eigenvalue weighted by molar-refractivity contribution is 9.10. The summed E-state index contributed by atoms with van der Waals surface area (Å²) in [5.41, 5.74) is 2.34. The van der Waals surface area contributed by atoms with Crippen molar-refractivity contribution in [2.45, 2.75) is 13.5 Å². The Bertz CT molecular complexity index is 341. The van der Waals surface area contributed by atoms with E-state index in [0.29, 0.717) is 0 Å². The van der Waals surface area contributed by atoms with Crippen LogP contribution in [0.3, 0.4) is 0 Å². The molecule has 0 aromatic carbocycles. The quantitative estimate of drug-likeness (QED) is 0.869. The molecule has 5 heteroatoms. The zero-order valence-corrected chi connectivity index (χ0v) is 10.8. The molecule has 0 unspecified atom stereocenters. The number of aryl methyl sites for hydroxylation is 2. The summed E-state index contributed by atoms with van der Waals surface area (Å²) in [7, 11) is 2.01. The SMILES string of the molecule is Cc1nn(C)c(CN2CCNCC2)c1Br. The van der Waals surface area contributed by atoms with Gasteiger partial charge in [0.2, 0.25) is 0 Å². The lowest BCUT2D eigenvalue weighted by atomic mass is 10.3. The van der Waals surface area contributed by atoms with Gasteiger partial charge in [0.25, 0.3) is 0 Å². The van der Waals surface area contributed by atoms with Gasteiger partial charge in [-0.15, -0.1) is 0 Å². The molecule has 2 rings (SSSR count). The molecule has 1 aromatic heterocycles. The van der Waals surface area contributed by atoms with Crippen molar-refractivity contribution in [3.63, 3.8) is 0 Å². The first-order valence-corrected chi connectivity index (χ1v) is 6.09. The second-order valence-corrected chi connectivity index (χ2v) is 4.79. The molecule has 1 aliphatic heterocycles. The average Bonchev–Trinajstić information content (AvgIpc) is 2.47. The molecule has 0 saturated carbocycles. The molecule has 0 spiro atoms. The molecule has 0 radical (unpaired) electrons. The van der Waals surface area contributed by atoms with Crippen molar-refractivity contribution in [1.29, 1.82) is 0 Å². The minimum absolute atomic E-state index is 0.986. The summed E-state index contributed by atoms with van der Waals surface area (Å²) in [5.74, 6) is 0. The third-order valence-corrected chi connectivity index (χ3v) is 3.88. The predicted molar refractivity (Wildman–Crippen MR) is 63.8 cm³/mol. The molecule has 1 aliphatic rings. The first-order chi connectivity index (χ1) is 7.18. The molecule has 0 amide bonds. The van der Waals surface area contributed by atoms with Gasteiger partial charge in [-0.05, 0) is 22.9 Å². The van der Waals surface area contributed by atoms with Crippen molar-refractivity contribution in [3.8, 4) is 0 Å². The fraction of sp³-hybridized carbons (Fsp3) is 0.700. The van der Waals surface area contributed by atoms with Crippen LogP contribution in [0.4, 0.5) is 0 Å². The van der Waals surface area contributed by atoms with Crippen molar-refractivity contribution in [2.24, 2.45) is 7.05 Å². The topological polar surface area (TPSA) is 33.1 Å². The summed E-state index contributed by atoms with van der Waals surface area (Å²) >= 11 is 3.60. The molecule has 2 heterocycles. The van der Waals surface area contributed by atoms with Crippen LogP contribution >= 0.6 is 15.9 Å². The van der Waals surface area contributed by atoms with E-state index < -0.39 is 0 Å². The van der Waals surface area contributed by atoms with Gasteiger partial charge in [-0.25, -0.2) is 0 Å². The Labute approximate surface area is 98.8 Å². The van der Waals surface area contributed by atoms with Gasteiger partial charge >= 0.3 is 0 Å². The third kappa shape index (κ3) is 2.41. The molecular weight excluding hydrogens is 256 g/mol. The van der Waals surface area contributed by atoms with Crippen LogP contribution in [0, 0.1) is 6.92 Å². The van der Waals surface area contributed by atoms with Gasteiger partial charge in [0.05, 0.1) is 15.9 Å². The highest BCUT2D eigenvalue weighted by atomic mass is 79.9. The normalized spacial score (nSPS) is 18.3. The van der Waals surface area contributed by atoms with E-state index in [2.05, 4.69) is 31.2 Å². The Hall–Kier alpha value is -0.390. The highest BCUT2D eigenvalue weighted by Crippen LogP contribution is 2.21. The molecule has 15 heavy (non-hydrogen) atoms. The standard InChI is InChI=1S/C10H17BrN4/c1-8-10(11)9(14(2)13-8)7-15-5-3-12-4-6-15/h12H,3-7H2,1-2H3. The van der Waals surface area contributed by atoms with E-state index in [4.69, 9.17) is 0 Å². The van der Waals surface area contributed by atoms with Crippen LogP contribution in [-0.2, 0) is 13.6 Å². The number of aromatic nitrogens is 2. The van der Waals surface area contributed by atoms with Crippen LogP contribution in [-0.4, -0.2) is 40.9 Å². The zero-order valence-electron chi connectivity index (χ0n) is 9.26. The van der Waals surface area contributed by atoms with Crippen LogP contribution < -0.4 is 5.32 Å². The Morgan fingerprint density at radius 1 is 1.40 bits per heavy atom. The number of nitrogens with zero attached hydrogens (tertiary/aromatic N) is 3. The Balaban J connectivity index is 2.09. The van der Waals surface area contributed by atoms with Gasteiger partial charge in [-0.2, -0.15) is 5.10 Å². The van der Waals surface area contributed by atoms with Crippen molar-refractivity contribution in [3.05, 3.63) is 15.9 Å². The fourth-order valence-electron chi connectivity index (χ4n) is 1.93. The summed E-state index contributed by atoms with van der Waals surface area (Å²) < 4.78 is 3.13. The predicted octanol–water partition coefficient (Wildman–Crippen LogP) is 0.896. The smallest absolute Gasteiger partial charge is 0.0739 e. The largest absolute Gasteiger partial charge is 0.314 e. The summed E-state index contributed by atoms with van der Waals surface area (Å²) in [4.78, 5) is 2.46. The molecule has 0 bridgehead atoms. The second-order valence-electron chi connectivity index (χ2n) is 4.00. The van der Waals surface area contributed by atoms with E-state index in [-0.39, 0.29) is 0 Å². The van der Waals surface area contributed by atoms with Gasteiger partial charge in [-0.1, -0.05) is 0 Å². The second kappa shape index (κ2) is 4.63. The lowest BCUT2D eigenvalue weighted by Gasteiger charge is -2.27. The lowest BCUT2D eigenvalue weighted by molar-refractivity contribution is 0.227. The minimum atomic E-state index is 0.986. The lowest BCUT2D eigenvalue weighted by Crippen LogP contribution is -2.43. The molecule has 1 saturated heterocycles. The van der Waals surface area contributed by atoms with Crippen LogP contribution in [0.2, 0.25) is 0 Å². The van der Waals surface area contributed by atoms with Crippen LogP contribution in [0.15, 0.2) is 4.47 Å². The molecule has 1 fully saturated rings. The van der Waals surface area contributed by atoms with E-state index in [0.717, 1.165) is 42.9 Å². The average molecular weight is 273 g/mol. The van der Waals surface area contributed by atoms with E-state index in [1.54, 1.807) is 0 Å². The Morgan fingerprint density at radius 3 is 2.60 bits per heavy atom. The first-order valence-electron chi connectivity index (χ1n) is 5.29. The van der Waals surface area contributed by atoms with Gasteiger partial charge in [0.15, 0.2) is 0 Å². The number of piperazine rings is 1. The number of rotatable bonds is 2. The molecular formula is C10H17BrN4. The van der Waals surface area contributed by atoms with E-state index in [1.165, 1.54) is 5.69 Å². The summed E-state index contributed by atoms with van der Waals surface area (Å²) in [6.07, 6.45) is 0. The van der Waals surface area contributed by atoms with E-state index >= 15 is 0 Å². The molecule has 0 aliphatic carbocycles. The van der Waals surface area contributed by atoms with Crippen LogP contribution in [0.1, 0.15) is 11.4 Å². The molecule has 1 N–H and O–H groups in total. The highest BCUT2D eigenvalue weighted by Gasteiger charge is 2.16. The summed E-state index contributed by atoms with van der Waals surface area (Å²) in [5, 5.41) is 7.76. The van der Waals surface area contributed by atoms with Crippen molar-refractivity contribution in [1.82, 2.24) is 20.0 Å². The fourth-order valence-corrected chi connectivity index (χ4v) is 2.39. The van der Waals surface area contributed by atoms with E-state index in [9.17, 15) is 0 Å². The van der Waals surface area contributed by atoms with Crippen molar-refractivity contribution >= 4 is 15.9 Å². The maximum atomic E-state index is 4.40. The number of hydrogen-bond acceptors (Lipinski definition) is 3.